The predicted molar refractivity (Wildman–Crippen MR) is 99.8 cm³/mol. The highest BCUT2D eigenvalue weighted by Gasteiger charge is 2.26. The molecule has 3 heterocycles. The fraction of sp³-hybridized carbons (Fsp3) is 0.111. The molecule has 0 bridgehead atoms. The van der Waals surface area contributed by atoms with E-state index in [1.165, 1.54) is 6.33 Å². The Morgan fingerprint density at radius 3 is 2.79 bits per heavy atom. The lowest BCUT2D eigenvalue weighted by atomic mass is 10.2. The molecule has 1 aromatic carbocycles. The molecule has 0 saturated carbocycles. The van der Waals surface area contributed by atoms with Crippen molar-refractivity contribution in [1.82, 2.24) is 20.1 Å². The van der Waals surface area contributed by atoms with Crippen LogP contribution in [0.25, 0.3) is 10.9 Å². The van der Waals surface area contributed by atoms with Gasteiger partial charge in [0.25, 0.3) is 0 Å². The summed E-state index contributed by atoms with van der Waals surface area (Å²) >= 11 is 0. The average molecular weight is 378 g/mol. The van der Waals surface area contributed by atoms with E-state index in [2.05, 4.69) is 25.4 Å². The number of ether oxygens (including phenoxy) is 1. The molecule has 0 saturated heterocycles. The zero-order valence-electron chi connectivity index (χ0n) is 14.9. The minimum absolute atomic E-state index is 0.0623. The number of nitrogens with zero attached hydrogens (tertiary/aromatic N) is 5. The van der Waals surface area contributed by atoms with Crippen LogP contribution in [0.3, 0.4) is 0 Å². The smallest absolute Gasteiger partial charge is 0.373 e. The maximum absolute atomic E-state index is 11.7. The molecule has 0 aliphatic rings. The summed E-state index contributed by atoms with van der Waals surface area (Å²) in [5.41, 5.74) is 0.953. The Kier molecular flexibility index (Phi) is 4.28. The van der Waals surface area contributed by atoms with Crippen molar-refractivity contribution in [3.05, 3.63) is 64.3 Å². The lowest BCUT2D eigenvalue weighted by Crippen LogP contribution is -2.04. The number of aromatic nitrogens is 4. The minimum Gasteiger partial charge on any atom is -0.431 e. The van der Waals surface area contributed by atoms with Crippen molar-refractivity contribution in [2.75, 3.05) is 5.32 Å². The third-order valence-corrected chi connectivity index (χ3v) is 3.87. The van der Waals surface area contributed by atoms with E-state index in [4.69, 9.17) is 9.26 Å². The summed E-state index contributed by atoms with van der Waals surface area (Å²) < 4.78 is 10.7. The fourth-order valence-corrected chi connectivity index (χ4v) is 2.64. The van der Waals surface area contributed by atoms with Crippen LogP contribution in [0.4, 0.5) is 17.3 Å². The number of nitrogens with one attached hydrogen (secondary N) is 1. The second kappa shape index (κ2) is 6.91. The molecule has 0 atom stereocenters. The molecule has 0 fully saturated rings. The summed E-state index contributed by atoms with van der Waals surface area (Å²) in [6, 6.07) is 10.7. The highest BCUT2D eigenvalue weighted by atomic mass is 16.6. The lowest BCUT2D eigenvalue weighted by Gasteiger charge is -2.10. The van der Waals surface area contributed by atoms with Crippen LogP contribution < -0.4 is 10.1 Å². The largest absolute Gasteiger partial charge is 0.431 e. The SMILES string of the molecule is Cc1ccc2cccc(Oc3ncnc(Nc4cc(C)on4)c3[N+](=O)[O-])c2n1. The highest BCUT2D eigenvalue weighted by molar-refractivity contribution is 5.85. The van der Waals surface area contributed by atoms with Gasteiger partial charge in [0.05, 0.1) is 4.92 Å². The number of benzene rings is 1. The number of nitro groups is 1. The van der Waals surface area contributed by atoms with E-state index >= 15 is 0 Å². The Morgan fingerprint density at radius 2 is 2.04 bits per heavy atom. The van der Waals surface area contributed by atoms with Crippen molar-refractivity contribution in [3.63, 3.8) is 0 Å². The predicted octanol–water partition coefficient (Wildman–Crippen LogP) is 4.07. The maximum Gasteiger partial charge on any atom is 0.373 e. The van der Waals surface area contributed by atoms with Crippen molar-refractivity contribution in [2.24, 2.45) is 0 Å². The van der Waals surface area contributed by atoms with Crippen molar-refractivity contribution in [2.45, 2.75) is 13.8 Å². The van der Waals surface area contributed by atoms with Gasteiger partial charge in [-0.05, 0) is 26.0 Å². The second-order valence-corrected chi connectivity index (χ2v) is 5.96. The van der Waals surface area contributed by atoms with Crippen molar-refractivity contribution in [1.29, 1.82) is 0 Å². The van der Waals surface area contributed by atoms with Crippen LogP contribution in [0.2, 0.25) is 0 Å². The molecule has 140 valence electrons. The average Bonchev–Trinajstić information content (AvgIpc) is 3.07. The number of anilines is 2. The van der Waals surface area contributed by atoms with Crippen LogP contribution in [0.1, 0.15) is 11.5 Å². The van der Waals surface area contributed by atoms with E-state index in [-0.39, 0.29) is 17.5 Å². The van der Waals surface area contributed by atoms with Gasteiger partial charge in [0.1, 0.15) is 17.6 Å². The van der Waals surface area contributed by atoms with E-state index in [1.54, 1.807) is 25.1 Å². The van der Waals surface area contributed by atoms with Gasteiger partial charge in [-0.25, -0.2) is 9.97 Å². The number of hydrogen-bond donors (Lipinski definition) is 1. The van der Waals surface area contributed by atoms with E-state index in [0.717, 1.165) is 11.1 Å². The first kappa shape index (κ1) is 17.3. The minimum atomic E-state index is -0.617. The first-order valence-corrected chi connectivity index (χ1v) is 8.25. The Labute approximate surface area is 158 Å². The molecule has 10 heteroatoms. The summed E-state index contributed by atoms with van der Waals surface area (Å²) in [6.45, 7) is 3.56. The third-order valence-electron chi connectivity index (χ3n) is 3.87. The van der Waals surface area contributed by atoms with Crippen LogP contribution in [0.15, 0.2) is 47.2 Å². The summed E-state index contributed by atoms with van der Waals surface area (Å²) in [6.07, 6.45) is 1.17. The van der Waals surface area contributed by atoms with Crippen LogP contribution in [-0.4, -0.2) is 25.0 Å². The lowest BCUT2D eigenvalue weighted by molar-refractivity contribution is -0.385. The molecule has 0 amide bonds. The first-order valence-electron chi connectivity index (χ1n) is 8.25. The fourth-order valence-electron chi connectivity index (χ4n) is 2.64. The normalized spacial score (nSPS) is 10.8. The number of rotatable bonds is 5. The van der Waals surface area contributed by atoms with Gasteiger partial charge in [0.15, 0.2) is 11.6 Å². The number of hydrogen-bond acceptors (Lipinski definition) is 9. The molecule has 3 aromatic heterocycles. The Hall–Kier alpha value is -4.08. The van der Waals surface area contributed by atoms with Crippen molar-refractivity contribution in [3.8, 4) is 11.6 Å². The molecule has 28 heavy (non-hydrogen) atoms. The molecule has 0 spiro atoms. The molecule has 1 N–H and O–H groups in total. The van der Waals surface area contributed by atoms with E-state index in [9.17, 15) is 10.1 Å². The van der Waals surface area contributed by atoms with Crippen molar-refractivity contribution < 1.29 is 14.2 Å². The number of fused-ring (bicyclic) bond motifs is 1. The molecular weight excluding hydrogens is 364 g/mol. The van der Waals surface area contributed by atoms with E-state index in [1.807, 2.05) is 25.1 Å². The summed E-state index contributed by atoms with van der Waals surface area (Å²) in [4.78, 5) is 23.4. The zero-order chi connectivity index (χ0) is 19.7. The quantitative estimate of drug-likeness (QED) is 0.403. The van der Waals surface area contributed by atoms with Crippen LogP contribution in [-0.2, 0) is 0 Å². The molecule has 4 aromatic rings. The Balaban J connectivity index is 1.77. The number of pyridine rings is 1. The number of aryl methyl sites for hydroxylation is 2. The third kappa shape index (κ3) is 3.30. The van der Waals surface area contributed by atoms with Gasteiger partial charge in [-0.3, -0.25) is 10.1 Å². The van der Waals surface area contributed by atoms with Gasteiger partial charge >= 0.3 is 11.6 Å². The van der Waals surface area contributed by atoms with Gasteiger partial charge < -0.3 is 14.6 Å². The zero-order valence-corrected chi connectivity index (χ0v) is 14.9. The molecule has 0 aliphatic carbocycles. The molecule has 4 rings (SSSR count). The van der Waals surface area contributed by atoms with Gasteiger partial charge in [0.2, 0.25) is 5.82 Å². The van der Waals surface area contributed by atoms with Gasteiger partial charge in [-0.15, -0.1) is 0 Å². The second-order valence-electron chi connectivity index (χ2n) is 5.96. The Morgan fingerprint density at radius 1 is 1.18 bits per heavy atom. The molecule has 10 nitrogen and oxygen atoms in total. The summed E-state index contributed by atoms with van der Waals surface area (Å²) in [5.74, 6) is 0.915. The topological polar surface area (TPSA) is 129 Å². The number of para-hydroxylation sites is 1. The summed E-state index contributed by atoms with van der Waals surface area (Å²) in [7, 11) is 0. The molecule has 0 aliphatic heterocycles. The van der Waals surface area contributed by atoms with Crippen LogP contribution in [0, 0.1) is 24.0 Å². The van der Waals surface area contributed by atoms with E-state index in [0.29, 0.717) is 17.0 Å². The van der Waals surface area contributed by atoms with Gasteiger partial charge in [-0.1, -0.05) is 23.4 Å². The summed E-state index contributed by atoms with van der Waals surface area (Å²) in [5, 5.41) is 19.0. The van der Waals surface area contributed by atoms with Crippen molar-refractivity contribution >= 4 is 28.2 Å². The van der Waals surface area contributed by atoms with Gasteiger partial charge in [-0.2, -0.15) is 4.98 Å². The monoisotopic (exact) mass is 378 g/mol. The first-order chi connectivity index (χ1) is 13.5. The molecular formula is C18H14N6O4. The van der Waals surface area contributed by atoms with E-state index < -0.39 is 10.6 Å². The Bertz CT molecular complexity index is 1190. The molecule has 0 radical (unpaired) electrons. The maximum atomic E-state index is 11.7. The van der Waals surface area contributed by atoms with Gasteiger partial charge in [0, 0.05) is 17.1 Å². The van der Waals surface area contributed by atoms with Crippen LogP contribution in [0.5, 0.6) is 11.6 Å². The standard InChI is InChI=1S/C18H14N6O4/c1-10-6-7-12-4-3-5-13(15(12)21-10)27-18-16(24(25)26)17(19-9-20-18)22-14-8-11(2)28-23-14/h3-9H,1-2H3,(H,19,20,22,23). The highest BCUT2D eigenvalue weighted by Crippen LogP contribution is 2.37. The van der Waals surface area contributed by atoms with Crippen LogP contribution >= 0.6 is 0 Å². The molecule has 0 unspecified atom stereocenters.